The van der Waals surface area contributed by atoms with Gasteiger partial charge >= 0.3 is 12.1 Å². The largest absolute Gasteiger partial charge is 0.449 e. The van der Waals surface area contributed by atoms with Crippen LogP contribution in [0.5, 0.6) is 0 Å². The molecule has 0 aliphatic rings. The topological polar surface area (TPSA) is 26.3 Å². The lowest BCUT2D eigenvalue weighted by atomic mass is 9.77. The zero-order valence-corrected chi connectivity index (χ0v) is 8.95. The first-order valence-electron chi connectivity index (χ1n) is 4.18. The van der Waals surface area contributed by atoms with Crippen LogP contribution < -0.4 is 0 Å². The monoisotopic (exact) mass is 212 g/mol. The highest BCUT2D eigenvalue weighted by atomic mass is 19.4. The van der Waals surface area contributed by atoms with Gasteiger partial charge < -0.3 is 4.74 Å². The Morgan fingerprint density at radius 1 is 1.07 bits per heavy atom. The third-order valence-corrected chi connectivity index (χ3v) is 2.32. The van der Waals surface area contributed by atoms with Crippen molar-refractivity contribution in [1.82, 2.24) is 0 Å². The van der Waals surface area contributed by atoms with Crippen molar-refractivity contribution in [3.63, 3.8) is 0 Å². The normalized spacial score (nSPS) is 17.4. The van der Waals surface area contributed by atoms with Gasteiger partial charge in [-0.3, -0.25) is 4.79 Å². The van der Waals surface area contributed by atoms with Crippen molar-refractivity contribution >= 4 is 5.97 Å². The van der Waals surface area contributed by atoms with E-state index in [-0.39, 0.29) is 0 Å². The molecule has 0 heterocycles. The third kappa shape index (κ3) is 2.39. The lowest BCUT2D eigenvalue weighted by Gasteiger charge is -2.41. The Bertz CT molecular complexity index is 211. The van der Waals surface area contributed by atoms with Gasteiger partial charge in [-0.2, -0.15) is 13.2 Å². The molecular weight excluding hydrogens is 197 g/mol. The number of alkyl halides is 3. The second-order valence-corrected chi connectivity index (χ2v) is 4.37. The summed E-state index contributed by atoms with van der Waals surface area (Å²) in [5.41, 5.74) is -3.65. The van der Waals surface area contributed by atoms with Crippen molar-refractivity contribution in [3.8, 4) is 0 Å². The number of hydrogen-bond acceptors (Lipinski definition) is 2. The van der Waals surface area contributed by atoms with Crippen LogP contribution in [0.3, 0.4) is 0 Å². The molecule has 0 aliphatic carbocycles. The van der Waals surface area contributed by atoms with Crippen molar-refractivity contribution in [3.05, 3.63) is 0 Å². The van der Waals surface area contributed by atoms with Crippen molar-refractivity contribution in [2.75, 3.05) is 0 Å². The minimum absolute atomic E-state index is 0.883. The number of hydrogen-bond donors (Lipinski definition) is 0. The molecule has 0 fully saturated rings. The van der Waals surface area contributed by atoms with E-state index in [1.807, 2.05) is 0 Å². The Hall–Kier alpha value is -0.740. The predicted octanol–water partition coefficient (Wildman–Crippen LogP) is 2.92. The highest BCUT2D eigenvalue weighted by Gasteiger charge is 2.61. The highest BCUT2D eigenvalue weighted by molar-refractivity contribution is 5.66. The van der Waals surface area contributed by atoms with E-state index in [0.717, 1.165) is 13.8 Å². The highest BCUT2D eigenvalue weighted by Crippen LogP contribution is 2.45. The zero-order valence-electron chi connectivity index (χ0n) is 8.95. The Labute approximate surface area is 81.4 Å². The number of esters is 1. The van der Waals surface area contributed by atoms with E-state index in [2.05, 4.69) is 4.74 Å². The van der Waals surface area contributed by atoms with Crippen LogP contribution in [0.15, 0.2) is 0 Å². The molecule has 0 saturated carbocycles. The smallest absolute Gasteiger partial charge is 0.428 e. The van der Waals surface area contributed by atoms with Crippen LogP contribution in [0.4, 0.5) is 13.2 Å². The minimum atomic E-state index is -4.57. The van der Waals surface area contributed by atoms with Crippen LogP contribution in [0.2, 0.25) is 0 Å². The van der Waals surface area contributed by atoms with Crippen LogP contribution >= 0.6 is 0 Å². The summed E-state index contributed by atoms with van der Waals surface area (Å²) in [5, 5.41) is 0. The SMILES string of the molecule is CC(=O)OC(C)(C(C)(C)C)C(F)(F)F. The maximum Gasteiger partial charge on any atom is 0.428 e. The molecule has 1 unspecified atom stereocenters. The van der Waals surface area contributed by atoms with Crippen molar-refractivity contribution < 1.29 is 22.7 Å². The Balaban J connectivity index is 5.18. The maximum absolute atomic E-state index is 12.7. The van der Waals surface area contributed by atoms with Gasteiger partial charge in [-0.05, 0) is 6.92 Å². The van der Waals surface area contributed by atoms with E-state index in [9.17, 15) is 18.0 Å². The molecule has 14 heavy (non-hydrogen) atoms. The van der Waals surface area contributed by atoms with Gasteiger partial charge in [0.15, 0.2) is 0 Å². The van der Waals surface area contributed by atoms with E-state index in [1.54, 1.807) is 0 Å². The molecule has 0 bridgehead atoms. The van der Waals surface area contributed by atoms with Gasteiger partial charge in [0.2, 0.25) is 5.60 Å². The summed E-state index contributed by atoms with van der Waals surface area (Å²) in [6, 6.07) is 0. The first-order valence-corrected chi connectivity index (χ1v) is 4.18. The molecule has 0 amide bonds. The van der Waals surface area contributed by atoms with Crippen molar-refractivity contribution in [2.24, 2.45) is 5.41 Å². The third-order valence-electron chi connectivity index (χ3n) is 2.32. The summed E-state index contributed by atoms with van der Waals surface area (Å²) in [6.45, 7) is 5.99. The van der Waals surface area contributed by atoms with E-state index in [0.29, 0.717) is 0 Å². The van der Waals surface area contributed by atoms with Crippen LogP contribution in [-0.2, 0) is 9.53 Å². The molecule has 0 rings (SSSR count). The molecule has 5 heteroatoms. The molecule has 0 N–H and O–H groups in total. The molecule has 2 nitrogen and oxygen atoms in total. The number of carbonyl (C=O) groups is 1. The Kier molecular flexibility index (Phi) is 3.26. The molecule has 0 aromatic heterocycles. The molecule has 0 radical (unpaired) electrons. The molecule has 0 saturated heterocycles. The fourth-order valence-electron chi connectivity index (χ4n) is 0.924. The maximum atomic E-state index is 12.7. The number of rotatable bonds is 1. The molecule has 0 aliphatic heterocycles. The molecule has 0 aromatic rings. The number of ether oxygens (including phenoxy) is 1. The number of halogens is 3. The summed E-state index contributed by atoms with van der Waals surface area (Å²) in [7, 11) is 0. The summed E-state index contributed by atoms with van der Waals surface area (Å²) in [4.78, 5) is 10.6. The molecular formula is C9H15F3O2. The van der Waals surface area contributed by atoms with E-state index in [1.165, 1.54) is 20.8 Å². The van der Waals surface area contributed by atoms with Gasteiger partial charge in [0.25, 0.3) is 0 Å². The standard InChI is InChI=1S/C9H15F3O2/c1-6(13)14-8(5,7(2,3)4)9(10,11)12/h1-5H3. The van der Waals surface area contributed by atoms with Gasteiger partial charge in [0.1, 0.15) is 0 Å². The van der Waals surface area contributed by atoms with Gasteiger partial charge in [0.05, 0.1) is 0 Å². The summed E-state index contributed by atoms with van der Waals surface area (Å²) in [6.07, 6.45) is -4.57. The van der Waals surface area contributed by atoms with E-state index >= 15 is 0 Å². The minimum Gasteiger partial charge on any atom is -0.449 e. The zero-order chi connectivity index (χ0) is 11.8. The Morgan fingerprint density at radius 3 is 1.50 bits per heavy atom. The fraction of sp³-hybridized carbons (Fsp3) is 0.889. The van der Waals surface area contributed by atoms with Crippen LogP contribution in [0.1, 0.15) is 34.6 Å². The predicted molar refractivity (Wildman–Crippen MR) is 45.7 cm³/mol. The fourth-order valence-corrected chi connectivity index (χ4v) is 0.924. The summed E-state index contributed by atoms with van der Waals surface area (Å²) in [5.74, 6) is -0.931. The van der Waals surface area contributed by atoms with Crippen LogP contribution in [0.25, 0.3) is 0 Å². The average molecular weight is 212 g/mol. The first kappa shape index (κ1) is 13.3. The summed E-state index contributed by atoms with van der Waals surface area (Å²) < 4.78 is 42.5. The molecule has 0 spiro atoms. The van der Waals surface area contributed by atoms with Gasteiger partial charge in [-0.15, -0.1) is 0 Å². The van der Waals surface area contributed by atoms with E-state index in [4.69, 9.17) is 0 Å². The lowest BCUT2D eigenvalue weighted by molar-refractivity contribution is -0.293. The molecule has 1 atom stereocenters. The van der Waals surface area contributed by atoms with Crippen molar-refractivity contribution in [1.29, 1.82) is 0 Å². The van der Waals surface area contributed by atoms with E-state index < -0.39 is 23.2 Å². The summed E-state index contributed by atoms with van der Waals surface area (Å²) >= 11 is 0. The molecule has 84 valence electrons. The van der Waals surface area contributed by atoms with Gasteiger partial charge in [-0.1, -0.05) is 20.8 Å². The second-order valence-electron chi connectivity index (χ2n) is 4.37. The molecule has 0 aromatic carbocycles. The van der Waals surface area contributed by atoms with Gasteiger partial charge in [0, 0.05) is 12.3 Å². The van der Waals surface area contributed by atoms with Crippen molar-refractivity contribution in [2.45, 2.75) is 46.4 Å². The van der Waals surface area contributed by atoms with Gasteiger partial charge in [-0.25, -0.2) is 0 Å². The lowest BCUT2D eigenvalue weighted by Crippen LogP contribution is -2.55. The van der Waals surface area contributed by atoms with Crippen LogP contribution in [-0.4, -0.2) is 17.7 Å². The Morgan fingerprint density at radius 2 is 1.43 bits per heavy atom. The van der Waals surface area contributed by atoms with Crippen LogP contribution in [0, 0.1) is 5.41 Å². The average Bonchev–Trinajstić information content (AvgIpc) is 1.79. The number of carbonyl (C=O) groups excluding carboxylic acids is 1. The second kappa shape index (κ2) is 3.44. The quantitative estimate of drug-likeness (QED) is 0.624. The first-order chi connectivity index (χ1) is 5.92.